The Bertz CT molecular complexity index is 869. The molecule has 2 saturated carbocycles. The van der Waals surface area contributed by atoms with Crippen LogP contribution in [0.4, 0.5) is 0 Å². The second kappa shape index (κ2) is 5.91. The Morgan fingerprint density at radius 1 is 1.30 bits per heavy atom. The molecule has 0 radical (unpaired) electrons. The van der Waals surface area contributed by atoms with E-state index in [0.717, 1.165) is 5.57 Å². The average Bonchev–Trinajstić information content (AvgIpc) is 2.98. The van der Waals surface area contributed by atoms with Gasteiger partial charge in [0.2, 0.25) is 6.10 Å². The quantitative estimate of drug-likeness (QED) is 0.390. The van der Waals surface area contributed by atoms with E-state index in [2.05, 4.69) is 0 Å². The number of aliphatic hydroxyl groups is 3. The topological polar surface area (TPSA) is 140 Å². The Morgan fingerprint density at radius 3 is 2.67 bits per heavy atom. The van der Waals surface area contributed by atoms with Crippen molar-refractivity contribution in [2.24, 2.45) is 34.5 Å². The fourth-order valence-corrected chi connectivity index (χ4v) is 7.81. The lowest BCUT2D eigenvalue weighted by Gasteiger charge is -2.68. The molecule has 4 fully saturated rings. The number of ether oxygens (including phenoxy) is 3. The summed E-state index contributed by atoms with van der Waals surface area (Å²) >= 11 is 0. The molecule has 1 spiro atoms. The van der Waals surface area contributed by atoms with Crippen LogP contribution in [0.5, 0.6) is 0 Å². The first-order valence-electron chi connectivity index (χ1n) is 10.3. The summed E-state index contributed by atoms with van der Waals surface area (Å²) in [5.41, 5.74) is -1.48. The second-order valence-electron chi connectivity index (χ2n) is 9.84. The Kier molecular flexibility index (Phi) is 3.96. The highest BCUT2D eigenvalue weighted by atomic mass is 16.7. The Hall–Kier alpha value is -1.81. The third-order valence-corrected chi connectivity index (χ3v) is 8.83. The van der Waals surface area contributed by atoms with Crippen LogP contribution in [0.25, 0.3) is 0 Å². The van der Waals surface area contributed by atoms with Crippen LogP contribution in [0.3, 0.4) is 0 Å². The minimum Gasteiger partial charge on any atom is -0.459 e. The van der Waals surface area contributed by atoms with Crippen LogP contribution in [0.15, 0.2) is 11.6 Å². The zero-order valence-corrected chi connectivity index (χ0v) is 17.0. The normalized spacial score (nSPS) is 56.4. The minimum absolute atomic E-state index is 0.0527. The van der Waals surface area contributed by atoms with E-state index in [-0.39, 0.29) is 19.0 Å². The number of allylic oxidation sites excluding steroid dienone is 1. The van der Waals surface area contributed by atoms with Crippen molar-refractivity contribution in [1.29, 1.82) is 0 Å². The first kappa shape index (κ1) is 20.1. The molecule has 9 nitrogen and oxygen atoms in total. The third-order valence-electron chi connectivity index (χ3n) is 8.83. The Morgan fingerprint density at radius 2 is 2.00 bits per heavy atom. The number of esters is 1. The van der Waals surface area contributed by atoms with Crippen LogP contribution in [0.2, 0.25) is 0 Å². The number of fused-ring (bicyclic) bond motifs is 1. The summed E-state index contributed by atoms with van der Waals surface area (Å²) in [7, 11) is 0. The van der Waals surface area contributed by atoms with Gasteiger partial charge in [-0.05, 0) is 31.3 Å². The van der Waals surface area contributed by atoms with Gasteiger partial charge in [-0.2, -0.15) is 0 Å². The summed E-state index contributed by atoms with van der Waals surface area (Å²) in [6.45, 7) is 5.30. The predicted molar refractivity (Wildman–Crippen MR) is 97.3 cm³/mol. The Balaban J connectivity index is 1.78. The van der Waals surface area contributed by atoms with E-state index in [4.69, 9.17) is 14.2 Å². The van der Waals surface area contributed by atoms with E-state index < -0.39 is 70.5 Å². The summed E-state index contributed by atoms with van der Waals surface area (Å²) in [6.07, 6.45) is -3.08. The van der Waals surface area contributed by atoms with Crippen LogP contribution in [-0.2, 0) is 28.6 Å². The number of aliphatic hydroxyl groups excluding tert-OH is 2. The van der Waals surface area contributed by atoms with Crippen molar-refractivity contribution in [3.8, 4) is 0 Å². The SMILES string of the molecule is CC1=CC(=O)[C@@H](O)[C@]2(C)[C@H]3[C@@]4(O)OC[C@]35[C@H]([C@@H](C)[C@H]4O)[C@@H](OC=O)C(=O)O[C@@H]5C[C@@H]12. The molecule has 0 amide bonds. The largest absolute Gasteiger partial charge is 0.459 e. The Labute approximate surface area is 173 Å². The van der Waals surface area contributed by atoms with Gasteiger partial charge in [0.15, 0.2) is 11.6 Å². The van der Waals surface area contributed by atoms with E-state index in [1.807, 2.05) is 0 Å². The molecular formula is C21H26O9. The lowest BCUT2D eigenvalue weighted by Crippen LogP contribution is -2.77. The number of carbonyl (C=O) groups excluding carboxylic acids is 3. The number of carbonyl (C=O) groups is 3. The molecule has 164 valence electrons. The van der Waals surface area contributed by atoms with Crippen molar-refractivity contribution >= 4 is 18.2 Å². The van der Waals surface area contributed by atoms with Gasteiger partial charge in [0.25, 0.3) is 6.47 Å². The average molecular weight is 422 g/mol. The van der Waals surface area contributed by atoms with Gasteiger partial charge in [-0.3, -0.25) is 9.59 Å². The maximum absolute atomic E-state index is 12.8. The molecule has 30 heavy (non-hydrogen) atoms. The first-order valence-corrected chi connectivity index (χ1v) is 10.3. The molecule has 3 N–H and O–H groups in total. The molecule has 9 heteroatoms. The van der Waals surface area contributed by atoms with E-state index in [0.29, 0.717) is 6.42 Å². The van der Waals surface area contributed by atoms with Gasteiger partial charge in [-0.15, -0.1) is 0 Å². The van der Waals surface area contributed by atoms with Crippen LogP contribution in [0, 0.1) is 34.5 Å². The van der Waals surface area contributed by atoms with Gasteiger partial charge >= 0.3 is 5.97 Å². The molecule has 2 heterocycles. The predicted octanol–water partition coefficient (Wildman–Crippen LogP) is -0.682. The highest BCUT2D eigenvalue weighted by Crippen LogP contribution is 2.73. The number of ketones is 1. The zero-order valence-electron chi connectivity index (χ0n) is 17.0. The monoisotopic (exact) mass is 422 g/mol. The molecule has 5 aliphatic rings. The lowest BCUT2D eigenvalue weighted by molar-refractivity contribution is -0.339. The van der Waals surface area contributed by atoms with Gasteiger partial charge in [0, 0.05) is 22.7 Å². The fraction of sp³-hybridized carbons (Fsp3) is 0.762. The van der Waals surface area contributed by atoms with E-state index in [1.165, 1.54) is 6.08 Å². The van der Waals surface area contributed by atoms with E-state index >= 15 is 0 Å². The maximum atomic E-state index is 12.8. The van der Waals surface area contributed by atoms with Gasteiger partial charge in [0.1, 0.15) is 18.3 Å². The van der Waals surface area contributed by atoms with Gasteiger partial charge in [0.05, 0.1) is 6.61 Å². The summed E-state index contributed by atoms with van der Waals surface area (Å²) in [5.74, 6) is -5.89. The van der Waals surface area contributed by atoms with Gasteiger partial charge < -0.3 is 29.5 Å². The van der Waals surface area contributed by atoms with Crippen LogP contribution in [-0.4, -0.2) is 70.4 Å². The molecule has 0 aromatic heterocycles. The molecule has 0 aromatic rings. The van der Waals surface area contributed by atoms with Crippen molar-refractivity contribution in [2.75, 3.05) is 6.61 Å². The number of rotatable bonds is 2. The van der Waals surface area contributed by atoms with Crippen LogP contribution < -0.4 is 0 Å². The fourth-order valence-electron chi connectivity index (χ4n) is 7.81. The lowest BCUT2D eigenvalue weighted by atomic mass is 9.38. The van der Waals surface area contributed by atoms with E-state index in [9.17, 15) is 29.7 Å². The van der Waals surface area contributed by atoms with Gasteiger partial charge in [-0.1, -0.05) is 19.4 Å². The molecule has 11 atom stereocenters. The van der Waals surface area contributed by atoms with Crippen LogP contribution in [0.1, 0.15) is 27.2 Å². The van der Waals surface area contributed by atoms with Crippen molar-refractivity contribution in [3.05, 3.63) is 11.6 Å². The molecular weight excluding hydrogens is 396 g/mol. The molecule has 2 saturated heterocycles. The molecule has 5 rings (SSSR count). The smallest absolute Gasteiger partial charge is 0.348 e. The first-order chi connectivity index (χ1) is 14.0. The molecule has 3 aliphatic carbocycles. The molecule has 0 aromatic carbocycles. The molecule has 2 aliphatic heterocycles. The molecule has 2 bridgehead atoms. The van der Waals surface area contributed by atoms with E-state index in [1.54, 1.807) is 20.8 Å². The summed E-state index contributed by atoms with van der Waals surface area (Å²) in [5, 5.41) is 33.8. The van der Waals surface area contributed by atoms with Crippen molar-refractivity contribution < 1.29 is 43.9 Å². The highest BCUT2D eigenvalue weighted by Gasteiger charge is 2.83. The van der Waals surface area contributed by atoms with Crippen LogP contribution >= 0.6 is 0 Å². The highest BCUT2D eigenvalue weighted by molar-refractivity contribution is 5.96. The number of hydrogen-bond acceptors (Lipinski definition) is 9. The maximum Gasteiger partial charge on any atom is 0.348 e. The standard InChI is InChI=1S/C21H26O9/c1-8-4-11(23)16(25)19(3)10(8)5-12-20-6-29-21(27,18(19)20)15(24)9(2)13(20)14(28-7-22)17(26)30-12/h4,7,9-10,12-16,18,24-25,27H,5-6H2,1-3H3/t9-,10+,12-,13-,14-,15-,16-,18-,19-,20+,21+/m1/s1. The van der Waals surface area contributed by atoms with Crippen molar-refractivity contribution in [1.82, 2.24) is 0 Å². The second-order valence-corrected chi connectivity index (χ2v) is 9.84. The number of hydrogen-bond donors (Lipinski definition) is 3. The summed E-state index contributed by atoms with van der Waals surface area (Å²) in [4.78, 5) is 36.5. The minimum atomic E-state index is -2.05. The zero-order chi connectivity index (χ0) is 21.8. The third kappa shape index (κ3) is 1.96. The summed E-state index contributed by atoms with van der Waals surface area (Å²) in [6, 6.07) is 0. The van der Waals surface area contributed by atoms with Crippen molar-refractivity contribution in [3.63, 3.8) is 0 Å². The van der Waals surface area contributed by atoms with Gasteiger partial charge in [-0.25, -0.2) is 4.79 Å². The summed E-state index contributed by atoms with van der Waals surface area (Å²) < 4.78 is 16.7. The molecule has 0 unspecified atom stereocenters. The van der Waals surface area contributed by atoms with Crippen molar-refractivity contribution in [2.45, 2.75) is 57.4 Å².